The van der Waals surface area contributed by atoms with Crippen LogP contribution in [0, 0.1) is 10.1 Å². The van der Waals surface area contributed by atoms with E-state index in [-0.39, 0.29) is 11.5 Å². The molecule has 0 saturated carbocycles. The van der Waals surface area contributed by atoms with E-state index in [1.54, 1.807) is 37.4 Å². The predicted octanol–water partition coefficient (Wildman–Crippen LogP) is 5.00. The number of allylic oxidation sites excluding steroid dienone is 1. The van der Waals surface area contributed by atoms with Crippen molar-refractivity contribution in [3.05, 3.63) is 86.4 Å². The van der Waals surface area contributed by atoms with Crippen LogP contribution in [0.5, 0.6) is 0 Å². The number of hydrogen-bond donors (Lipinski definition) is 2. The molecule has 0 spiro atoms. The molecule has 0 aliphatic heterocycles. The first kappa shape index (κ1) is 18.6. The Morgan fingerprint density at radius 1 is 1.21 bits per heavy atom. The largest absolute Gasteiger partial charge is 0.383 e. The van der Waals surface area contributed by atoms with E-state index in [1.807, 2.05) is 29.6 Å². The van der Waals surface area contributed by atoms with Crippen LogP contribution in [0.4, 0.5) is 11.4 Å². The number of carbonyl (C=O) groups is 1. The summed E-state index contributed by atoms with van der Waals surface area (Å²) in [6.45, 7) is 0. The fourth-order valence-electron chi connectivity index (χ4n) is 3.03. The molecule has 2 N–H and O–H groups in total. The van der Waals surface area contributed by atoms with Crippen molar-refractivity contribution in [2.45, 2.75) is 0 Å². The monoisotopic (exact) mass is 404 g/mol. The van der Waals surface area contributed by atoms with Gasteiger partial charge in [-0.1, -0.05) is 24.3 Å². The van der Waals surface area contributed by atoms with Gasteiger partial charge < -0.3 is 10.3 Å². The Balaban J connectivity index is 1.87. The zero-order valence-electron chi connectivity index (χ0n) is 15.4. The van der Waals surface area contributed by atoms with Crippen molar-refractivity contribution < 1.29 is 9.72 Å². The van der Waals surface area contributed by atoms with Gasteiger partial charge in [-0.2, -0.15) is 0 Å². The molecular weight excluding hydrogens is 388 g/mol. The number of benzene rings is 2. The lowest BCUT2D eigenvalue weighted by Gasteiger charge is -2.05. The van der Waals surface area contributed by atoms with Crippen LogP contribution < -0.4 is 5.32 Å². The highest BCUT2D eigenvalue weighted by molar-refractivity contribution is 7.12. The maximum Gasteiger partial charge on any atom is 0.292 e. The second-order valence-electron chi connectivity index (χ2n) is 6.25. The van der Waals surface area contributed by atoms with Gasteiger partial charge in [0.15, 0.2) is 0 Å². The molecule has 0 amide bonds. The number of ketones is 1. The highest BCUT2D eigenvalue weighted by atomic mass is 32.1. The first-order chi connectivity index (χ1) is 14.1. The summed E-state index contributed by atoms with van der Waals surface area (Å²) in [4.78, 5) is 32.4. The van der Waals surface area contributed by atoms with Crippen molar-refractivity contribution in [3.8, 4) is 0 Å². The van der Waals surface area contributed by atoms with Gasteiger partial charge in [0, 0.05) is 13.1 Å². The van der Waals surface area contributed by atoms with Crippen LogP contribution in [-0.2, 0) is 0 Å². The van der Waals surface area contributed by atoms with Gasteiger partial charge in [0.2, 0.25) is 5.78 Å². The molecule has 0 fully saturated rings. The summed E-state index contributed by atoms with van der Waals surface area (Å²) in [5.74, 6) is 0.226. The number of nitro benzene ring substituents is 1. The number of hydrogen-bond acceptors (Lipinski definition) is 6. The quantitative estimate of drug-likeness (QED) is 0.204. The van der Waals surface area contributed by atoms with Crippen molar-refractivity contribution in [2.75, 3.05) is 12.4 Å². The molecule has 7 nitrogen and oxygen atoms in total. The number of anilines is 1. The van der Waals surface area contributed by atoms with E-state index in [0.29, 0.717) is 27.5 Å². The summed E-state index contributed by atoms with van der Waals surface area (Å²) < 4.78 is 0. The van der Waals surface area contributed by atoms with Crippen LogP contribution in [0.2, 0.25) is 0 Å². The number of fused-ring (bicyclic) bond motifs is 1. The van der Waals surface area contributed by atoms with Crippen molar-refractivity contribution in [2.24, 2.45) is 0 Å². The number of thiophene rings is 1. The Morgan fingerprint density at radius 3 is 2.72 bits per heavy atom. The minimum atomic E-state index is -0.453. The molecule has 0 radical (unpaired) electrons. The second-order valence-corrected chi connectivity index (χ2v) is 7.20. The Morgan fingerprint density at radius 2 is 2.03 bits per heavy atom. The normalized spacial score (nSPS) is 11.6. The van der Waals surface area contributed by atoms with E-state index in [2.05, 4.69) is 15.3 Å². The Bertz CT molecular complexity index is 1210. The van der Waals surface area contributed by atoms with E-state index >= 15 is 0 Å². The Kier molecular flexibility index (Phi) is 4.92. The number of Topliss-reactive ketones (excluding diaryl/α,β-unsaturated/α-hetero) is 1. The molecule has 2 aromatic carbocycles. The summed E-state index contributed by atoms with van der Waals surface area (Å²) in [5, 5.41) is 16.0. The Labute approximate surface area is 169 Å². The molecule has 4 aromatic rings. The number of nitrogens with zero attached hydrogens (tertiary/aromatic N) is 2. The molecular formula is C21H16N4O3S. The van der Waals surface area contributed by atoms with Crippen LogP contribution in [0.15, 0.2) is 60.0 Å². The molecule has 0 aliphatic carbocycles. The zero-order valence-corrected chi connectivity index (χ0v) is 16.2. The summed E-state index contributed by atoms with van der Waals surface area (Å²) in [5.41, 5.74) is 2.77. The number of imidazole rings is 1. The number of nitrogens with one attached hydrogen (secondary N) is 2. The van der Waals surface area contributed by atoms with Crippen LogP contribution in [-0.4, -0.2) is 27.7 Å². The molecule has 0 unspecified atom stereocenters. The standard InChI is InChI=1S/C21H16N4O3S/c1-22-17-9-8-13(12-18(17)25(27)28)11-14(20(26)19-7-4-10-29-19)21-23-15-5-2-3-6-16(15)24-21/h2-12,22H,1H3,(H,23,24). The van der Waals surface area contributed by atoms with Crippen molar-refractivity contribution in [1.29, 1.82) is 0 Å². The molecule has 0 bridgehead atoms. The first-order valence-electron chi connectivity index (χ1n) is 8.78. The van der Waals surface area contributed by atoms with Crippen molar-refractivity contribution >= 4 is 51.2 Å². The van der Waals surface area contributed by atoms with Gasteiger partial charge in [-0.3, -0.25) is 14.9 Å². The van der Waals surface area contributed by atoms with Crippen LogP contribution in [0.25, 0.3) is 22.7 Å². The third kappa shape index (κ3) is 3.65. The van der Waals surface area contributed by atoms with Gasteiger partial charge >= 0.3 is 0 Å². The molecule has 0 atom stereocenters. The van der Waals surface area contributed by atoms with Crippen LogP contribution in [0.1, 0.15) is 21.1 Å². The number of nitro groups is 1. The first-order valence-corrected chi connectivity index (χ1v) is 9.66. The van der Waals surface area contributed by atoms with Gasteiger partial charge in [-0.05, 0) is 41.3 Å². The topological polar surface area (TPSA) is 101 Å². The second kappa shape index (κ2) is 7.69. The fourth-order valence-corrected chi connectivity index (χ4v) is 3.71. The average molecular weight is 404 g/mol. The maximum absolute atomic E-state index is 13.2. The van der Waals surface area contributed by atoms with Crippen LogP contribution in [0.3, 0.4) is 0 Å². The minimum absolute atomic E-state index is 0.0613. The molecule has 8 heteroatoms. The molecule has 4 rings (SSSR count). The van der Waals surface area contributed by atoms with Gasteiger partial charge in [0.1, 0.15) is 11.5 Å². The fraction of sp³-hybridized carbons (Fsp3) is 0.0476. The molecule has 2 aromatic heterocycles. The van der Waals surface area contributed by atoms with E-state index in [9.17, 15) is 14.9 Å². The maximum atomic E-state index is 13.2. The zero-order chi connectivity index (χ0) is 20.4. The third-order valence-corrected chi connectivity index (χ3v) is 5.30. The van der Waals surface area contributed by atoms with Gasteiger partial charge in [0.25, 0.3) is 5.69 Å². The SMILES string of the molecule is CNc1ccc(C=C(C(=O)c2cccs2)c2nc3ccccc3[nH]2)cc1[N+](=O)[O-]. The summed E-state index contributed by atoms with van der Waals surface area (Å²) in [6.07, 6.45) is 1.63. The summed E-state index contributed by atoms with van der Waals surface area (Å²) in [7, 11) is 1.62. The molecule has 0 aliphatic rings. The number of H-pyrrole nitrogens is 1. The van der Waals surface area contributed by atoms with Gasteiger partial charge in [-0.15, -0.1) is 11.3 Å². The summed E-state index contributed by atoms with van der Waals surface area (Å²) >= 11 is 1.34. The molecule has 2 heterocycles. The van der Waals surface area contributed by atoms with E-state index in [4.69, 9.17) is 0 Å². The molecule has 0 saturated heterocycles. The molecule has 144 valence electrons. The van der Waals surface area contributed by atoms with E-state index in [0.717, 1.165) is 11.0 Å². The van der Waals surface area contributed by atoms with Crippen molar-refractivity contribution in [1.82, 2.24) is 9.97 Å². The predicted molar refractivity (Wildman–Crippen MR) is 115 cm³/mol. The number of para-hydroxylation sites is 2. The van der Waals surface area contributed by atoms with E-state index in [1.165, 1.54) is 17.4 Å². The molecule has 29 heavy (non-hydrogen) atoms. The smallest absolute Gasteiger partial charge is 0.292 e. The third-order valence-electron chi connectivity index (χ3n) is 4.43. The summed E-state index contributed by atoms with van der Waals surface area (Å²) in [6, 6.07) is 15.8. The lowest BCUT2D eigenvalue weighted by molar-refractivity contribution is -0.383. The lowest BCUT2D eigenvalue weighted by atomic mass is 10.0. The Hall–Kier alpha value is -3.78. The number of rotatable bonds is 6. The van der Waals surface area contributed by atoms with Crippen molar-refractivity contribution in [3.63, 3.8) is 0 Å². The highest BCUT2D eigenvalue weighted by Crippen LogP contribution is 2.29. The minimum Gasteiger partial charge on any atom is -0.383 e. The number of carbonyl (C=O) groups excluding carboxylic acids is 1. The highest BCUT2D eigenvalue weighted by Gasteiger charge is 2.20. The lowest BCUT2D eigenvalue weighted by Crippen LogP contribution is -2.03. The van der Waals surface area contributed by atoms with Gasteiger partial charge in [-0.25, -0.2) is 4.98 Å². The number of aromatic nitrogens is 2. The number of aromatic amines is 1. The van der Waals surface area contributed by atoms with E-state index < -0.39 is 4.92 Å². The van der Waals surface area contributed by atoms with Crippen LogP contribution >= 0.6 is 11.3 Å². The average Bonchev–Trinajstić information content (AvgIpc) is 3.41. The van der Waals surface area contributed by atoms with Gasteiger partial charge in [0.05, 0.1) is 26.4 Å².